The molecule has 1 unspecified atom stereocenters. The molecule has 1 atom stereocenters. The molecule has 2 heterocycles. The molecule has 0 spiro atoms. The molecule has 204 valence electrons. The molecular formula is C33H45N3O2. The summed E-state index contributed by atoms with van der Waals surface area (Å²) >= 11 is 0. The molecule has 0 saturated heterocycles. The molecule has 1 aliphatic heterocycles. The summed E-state index contributed by atoms with van der Waals surface area (Å²) in [5.74, 6) is 0.707. The van der Waals surface area contributed by atoms with Gasteiger partial charge in [0.05, 0.1) is 6.61 Å². The lowest BCUT2D eigenvalue weighted by molar-refractivity contribution is 0.102. The van der Waals surface area contributed by atoms with E-state index in [0.29, 0.717) is 11.6 Å². The van der Waals surface area contributed by atoms with E-state index in [9.17, 15) is 4.79 Å². The summed E-state index contributed by atoms with van der Waals surface area (Å²) < 4.78 is 5.86. The summed E-state index contributed by atoms with van der Waals surface area (Å²) in [6.07, 6.45) is 15.5. The highest BCUT2D eigenvalue weighted by atomic mass is 16.5. The fraction of sp³-hybridized carbons (Fsp3) is 0.485. The number of hydrogen-bond donors (Lipinski definition) is 2. The van der Waals surface area contributed by atoms with E-state index >= 15 is 0 Å². The highest BCUT2D eigenvalue weighted by molar-refractivity contribution is 6.05. The van der Waals surface area contributed by atoms with Crippen LogP contribution in [-0.2, 0) is 0 Å². The van der Waals surface area contributed by atoms with Gasteiger partial charge in [0, 0.05) is 53.0 Å². The van der Waals surface area contributed by atoms with E-state index in [2.05, 4.69) is 54.3 Å². The zero-order chi connectivity index (χ0) is 26.7. The molecule has 0 radical (unpaired) electrons. The second-order valence-electron chi connectivity index (χ2n) is 10.7. The van der Waals surface area contributed by atoms with Gasteiger partial charge in [-0.3, -0.25) is 9.69 Å². The summed E-state index contributed by atoms with van der Waals surface area (Å²) in [4.78, 5) is 18.9. The fourth-order valence-electron chi connectivity index (χ4n) is 5.37. The lowest BCUT2D eigenvalue weighted by Gasteiger charge is -2.31. The van der Waals surface area contributed by atoms with Gasteiger partial charge in [0.15, 0.2) is 0 Å². The SMILES string of the molecule is CCCCCCCCOc1ccc(C(=O)Nc2ccc3[nH]cc(C4=CCN(C(C)CCC)CC4)c3c2)cc1. The molecule has 2 aromatic carbocycles. The van der Waals surface area contributed by atoms with Crippen LogP contribution in [0.3, 0.4) is 0 Å². The van der Waals surface area contributed by atoms with E-state index in [1.807, 2.05) is 36.4 Å². The number of unbranched alkanes of at least 4 members (excludes halogenated alkanes) is 5. The number of anilines is 1. The number of carbonyl (C=O) groups excluding carboxylic acids is 1. The quantitative estimate of drug-likeness (QED) is 0.212. The highest BCUT2D eigenvalue weighted by Gasteiger charge is 2.19. The van der Waals surface area contributed by atoms with E-state index in [-0.39, 0.29) is 5.91 Å². The number of carbonyl (C=O) groups is 1. The van der Waals surface area contributed by atoms with E-state index in [1.165, 1.54) is 56.1 Å². The van der Waals surface area contributed by atoms with Crippen molar-refractivity contribution >= 4 is 28.1 Å². The zero-order valence-corrected chi connectivity index (χ0v) is 23.5. The molecule has 0 bridgehead atoms. The first-order valence-corrected chi connectivity index (χ1v) is 14.7. The second kappa shape index (κ2) is 14.2. The third-order valence-electron chi connectivity index (χ3n) is 7.74. The fourth-order valence-corrected chi connectivity index (χ4v) is 5.37. The van der Waals surface area contributed by atoms with Crippen molar-refractivity contribution in [1.82, 2.24) is 9.88 Å². The van der Waals surface area contributed by atoms with Crippen LogP contribution in [0.1, 0.15) is 94.5 Å². The van der Waals surface area contributed by atoms with Gasteiger partial charge >= 0.3 is 0 Å². The van der Waals surface area contributed by atoms with Crippen LogP contribution in [0.15, 0.2) is 54.7 Å². The first kappa shape index (κ1) is 28.0. The third kappa shape index (κ3) is 7.50. The normalized spacial score (nSPS) is 14.9. The number of aromatic nitrogens is 1. The molecule has 38 heavy (non-hydrogen) atoms. The predicted molar refractivity (Wildman–Crippen MR) is 160 cm³/mol. The van der Waals surface area contributed by atoms with Crippen LogP contribution in [0.25, 0.3) is 16.5 Å². The second-order valence-corrected chi connectivity index (χ2v) is 10.7. The van der Waals surface area contributed by atoms with Crippen LogP contribution in [0, 0.1) is 0 Å². The van der Waals surface area contributed by atoms with Gasteiger partial charge in [-0.2, -0.15) is 0 Å². The van der Waals surface area contributed by atoms with Crippen LogP contribution >= 0.6 is 0 Å². The molecule has 3 aromatic rings. The summed E-state index contributed by atoms with van der Waals surface area (Å²) in [7, 11) is 0. The van der Waals surface area contributed by atoms with Crippen molar-refractivity contribution in [2.75, 3.05) is 25.0 Å². The number of H-pyrrole nitrogens is 1. The molecule has 0 aliphatic carbocycles. The maximum Gasteiger partial charge on any atom is 0.255 e. The molecule has 0 saturated carbocycles. The Morgan fingerprint density at radius 2 is 1.82 bits per heavy atom. The van der Waals surface area contributed by atoms with Gasteiger partial charge < -0.3 is 15.0 Å². The number of benzene rings is 2. The van der Waals surface area contributed by atoms with Crippen LogP contribution in [0.4, 0.5) is 5.69 Å². The Balaban J connectivity index is 1.33. The van der Waals surface area contributed by atoms with E-state index < -0.39 is 0 Å². The van der Waals surface area contributed by atoms with Gasteiger partial charge in [0.2, 0.25) is 0 Å². The maximum absolute atomic E-state index is 12.9. The first-order chi connectivity index (χ1) is 18.6. The molecule has 1 aliphatic rings. The van der Waals surface area contributed by atoms with Crippen molar-refractivity contribution in [1.29, 1.82) is 0 Å². The summed E-state index contributed by atoms with van der Waals surface area (Å²) in [6.45, 7) is 9.64. The van der Waals surface area contributed by atoms with Crippen molar-refractivity contribution in [3.8, 4) is 5.75 Å². The van der Waals surface area contributed by atoms with Gasteiger partial charge in [-0.05, 0) is 74.2 Å². The smallest absolute Gasteiger partial charge is 0.255 e. The maximum atomic E-state index is 12.9. The van der Waals surface area contributed by atoms with Gasteiger partial charge in [0.1, 0.15) is 5.75 Å². The van der Waals surface area contributed by atoms with E-state index in [1.54, 1.807) is 0 Å². The average Bonchev–Trinajstić information content (AvgIpc) is 3.36. The van der Waals surface area contributed by atoms with Gasteiger partial charge in [0.25, 0.3) is 5.91 Å². The number of rotatable bonds is 14. The van der Waals surface area contributed by atoms with Crippen molar-refractivity contribution in [3.63, 3.8) is 0 Å². The third-order valence-corrected chi connectivity index (χ3v) is 7.74. The topological polar surface area (TPSA) is 57.4 Å². The molecule has 1 amide bonds. The summed E-state index contributed by atoms with van der Waals surface area (Å²) in [5.41, 5.74) is 5.15. The molecule has 2 N–H and O–H groups in total. The van der Waals surface area contributed by atoms with Crippen molar-refractivity contribution in [3.05, 3.63) is 65.9 Å². The van der Waals surface area contributed by atoms with E-state index in [4.69, 9.17) is 4.74 Å². The van der Waals surface area contributed by atoms with Gasteiger partial charge in [-0.1, -0.05) is 58.4 Å². The molecule has 1 aromatic heterocycles. The van der Waals surface area contributed by atoms with Crippen molar-refractivity contribution in [2.45, 2.75) is 84.6 Å². The average molecular weight is 516 g/mol. The Morgan fingerprint density at radius 3 is 2.55 bits per heavy atom. The minimum atomic E-state index is -0.110. The van der Waals surface area contributed by atoms with Gasteiger partial charge in [-0.25, -0.2) is 0 Å². The van der Waals surface area contributed by atoms with Crippen LogP contribution in [0.5, 0.6) is 5.75 Å². The predicted octanol–water partition coefficient (Wildman–Crippen LogP) is 8.44. The van der Waals surface area contributed by atoms with Crippen LogP contribution < -0.4 is 10.1 Å². The Morgan fingerprint density at radius 1 is 1.03 bits per heavy atom. The standard InChI is InChI=1S/C33H45N3O2/c1-4-6-7-8-9-10-22-38-29-15-12-27(13-16-29)33(37)35-28-14-17-32-30(23-28)31(24-34-32)26-18-20-36(21-19-26)25(3)11-5-2/h12-18,23-25,34H,4-11,19-22H2,1-3H3,(H,35,37). The number of aromatic amines is 1. The lowest BCUT2D eigenvalue weighted by Crippen LogP contribution is -2.36. The van der Waals surface area contributed by atoms with Gasteiger partial charge in [-0.15, -0.1) is 0 Å². The summed E-state index contributed by atoms with van der Waals surface area (Å²) in [6, 6.07) is 14.2. The number of nitrogens with zero attached hydrogens (tertiary/aromatic N) is 1. The first-order valence-electron chi connectivity index (χ1n) is 14.7. The number of hydrogen-bond acceptors (Lipinski definition) is 3. The van der Waals surface area contributed by atoms with Crippen LogP contribution in [-0.4, -0.2) is 41.5 Å². The van der Waals surface area contributed by atoms with Crippen molar-refractivity contribution < 1.29 is 9.53 Å². The Labute approximate surface area is 228 Å². The molecular weight excluding hydrogens is 470 g/mol. The summed E-state index contributed by atoms with van der Waals surface area (Å²) in [5, 5.41) is 4.24. The van der Waals surface area contributed by atoms with Crippen LogP contribution in [0.2, 0.25) is 0 Å². The number of ether oxygens (including phenoxy) is 1. The molecule has 4 rings (SSSR count). The Hall–Kier alpha value is -3.05. The Bertz CT molecular complexity index is 1190. The minimum Gasteiger partial charge on any atom is -0.494 e. The minimum absolute atomic E-state index is 0.110. The molecule has 5 heteroatoms. The largest absolute Gasteiger partial charge is 0.494 e. The number of amides is 1. The van der Waals surface area contributed by atoms with Crippen molar-refractivity contribution in [2.24, 2.45) is 0 Å². The monoisotopic (exact) mass is 515 g/mol. The highest BCUT2D eigenvalue weighted by Crippen LogP contribution is 2.32. The number of nitrogens with one attached hydrogen (secondary N) is 2. The Kier molecular flexibility index (Phi) is 10.5. The van der Waals surface area contributed by atoms with E-state index in [0.717, 1.165) is 54.9 Å². The zero-order valence-electron chi connectivity index (χ0n) is 23.5. The molecule has 5 nitrogen and oxygen atoms in total. The lowest BCUT2D eigenvalue weighted by atomic mass is 9.97. The molecule has 0 fully saturated rings. The number of fused-ring (bicyclic) bond motifs is 1.